The van der Waals surface area contributed by atoms with Crippen LogP contribution in [0.15, 0.2) is 24.3 Å². The summed E-state index contributed by atoms with van der Waals surface area (Å²) >= 11 is 0. The first kappa shape index (κ1) is 13.1. The van der Waals surface area contributed by atoms with Crippen LogP contribution < -0.4 is 0 Å². The van der Waals surface area contributed by atoms with E-state index in [1.54, 1.807) is 0 Å². The minimum atomic E-state index is -1.32. The maximum Gasteiger partial charge on any atom is 0.313 e. The Kier molecular flexibility index (Phi) is 3.80. The van der Waals surface area contributed by atoms with Crippen LogP contribution >= 0.6 is 0 Å². The van der Waals surface area contributed by atoms with Gasteiger partial charge in [0.25, 0.3) is 5.69 Å². The quantitative estimate of drug-likeness (QED) is 0.596. The minimum absolute atomic E-state index is 0.00347. The largest absolute Gasteiger partial charge is 0.481 e. The lowest BCUT2D eigenvalue weighted by Crippen LogP contribution is -2.33. The van der Waals surface area contributed by atoms with Crippen molar-refractivity contribution in [3.63, 3.8) is 0 Å². The molecule has 0 radical (unpaired) electrons. The van der Waals surface area contributed by atoms with Crippen molar-refractivity contribution in [1.29, 1.82) is 0 Å². The first-order valence-corrected chi connectivity index (χ1v) is 5.01. The molecule has 1 rings (SSSR count). The summed E-state index contributed by atoms with van der Waals surface area (Å²) in [7, 11) is 0. The number of rotatable bonds is 5. The fourth-order valence-electron chi connectivity index (χ4n) is 1.56. The van der Waals surface area contributed by atoms with Gasteiger partial charge in [0.2, 0.25) is 0 Å². The van der Waals surface area contributed by atoms with Gasteiger partial charge in [-0.3, -0.25) is 14.9 Å². The third kappa shape index (κ3) is 2.59. The Bertz CT molecular complexity index is 445. The number of nitro groups is 1. The Balaban J connectivity index is 3.24. The molecule has 0 amide bonds. The average molecular weight is 239 g/mol. The first-order valence-electron chi connectivity index (χ1n) is 5.01. The second-order valence-corrected chi connectivity index (χ2v) is 3.92. The van der Waals surface area contributed by atoms with Crippen LogP contribution in [0.25, 0.3) is 0 Å². The molecule has 0 heterocycles. The van der Waals surface area contributed by atoms with Gasteiger partial charge in [0.05, 0.1) is 10.3 Å². The summed E-state index contributed by atoms with van der Waals surface area (Å²) in [5.74, 6) is -1.12. The molecule has 1 unspecified atom stereocenters. The molecule has 1 atom stereocenters. The van der Waals surface area contributed by atoms with E-state index in [0.29, 0.717) is 5.56 Å². The van der Waals surface area contributed by atoms with Crippen molar-refractivity contribution in [3.8, 4) is 0 Å². The Labute approximate surface area is 97.7 Å². The van der Waals surface area contributed by atoms with Gasteiger partial charge in [-0.25, -0.2) is 0 Å². The number of aliphatic carboxylic acids is 1. The average Bonchev–Trinajstić information content (AvgIpc) is 2.29. The number of carbonyl (C=O) groups is 1. The molecule has 2 N–H and O–H groups in total. The summed E-state index contributed by atoms with van der Waals surface area (Å²) in [5.41, 5.74) is -1.16. The van der Waals surface area contributed by atoms with Crippen LogP contribution in [0.5, 0.6) is 0 Å². The van der Waals surface area contributed by atoms with Crippen LogP contribution in [0, 0.1) is 10.1 Å². The van der Waals surface area contributed by atoms with Gasteiger partial charge in [-0.1, -0.05) is 12.1 Å². The van der Waals surface area contributed by atoms with Crippen LogP contribution in [-0.2, 0) is 10.2 Å². The Hall–Kier alpha value is -1.95. The number of carboxylic acids is 1. The number of benzene rings is 1. The zero-order valence-corrected chi connectivity index (χ0v) is 9.29. The van der Waals surface area contributed by atoms with E-state index in [9.17, 15) is 14.9 Å². The Morgan fingerprint density at radius 2 is 2.18 bits per heavy atom. The molecule has 0 aliphatic heterocycles. The number of carboxylic acid groups (broad SMARTS) is 1. The third-order valence-electron chi connectivity index (χ3n) is 2.78. The molecular weight excluding hydrogens is 226 g/mol. The number of non-ortho nitro benzene ring substituents is 1. The highest BCUT2D eigenvalue weighted by Crippen LogP contribution is 2.30. The number of aliphatic hydroxyl groups is 1. The van der Waals surface area contributed by atoms with Crippen molar-refractivity contribution < 1.29 is 19.9 Å². The second kappa shape index (κ2) is 4.92. The number of nitrogens with zero attached hydrogens (tertiary/aromatic N) is 1. The number of aliphatic hydroxyl groups excluding tert-OH is 1. The monoisotopic (exact) mass is 239 g/mol. The van der Waals surface area contributed by atoms with Gasteiger partial charge in [0.1, 0.15) is 0 Å². The Morgan fingerprint density at radius 1 is 1.53 bits per heavy atom. The summed E-state index contributed by atoms with van der Waals surface area (Å²) in [4.78, 5) is 21.2. The molecule has 0 saturated heterocycles. The van der Waals surface area contributed by atoms with Crippen LogP contribution in [-0.4, -0.2) is 27.7 Å². The topological polar surface area (TPSA) is 101 Å². The van der Waals surface area contributed by atoms with Crippen LogP contribution in [0.3, 0.4) is 0 Å². The Morgan fingerprint density at radius 3 is 2.65 bits per heavy atom. The van der Waals surface area contributed by atoms with E-state index in [4.69, 9.17) is 10.2 Å². The highest BCUT2D eigenvalue weighted by atomic mass is 16.6. The van der Waals surface area contributed by atoms with Gasteiger partial charge in [0, 0.05) is 18.7 Å². The van der Waals surface area contributed by atoms with Crippen molar-refractivity contribution in [2.24, 2.45) is 0 Å². The molecule has 0 bridgehead atoms. The fraction of sp³-hybridized carbons (Fsp3) is 0.364. The molecule has 0 saturated carbocycles. The normalized spacial score (nSPS) is 14.0. The zero-order chi connectivity index (χ0) is 13.1. The van der Waals surface area contributed by atoms with Gasteiger partial charge in [-0.15, -0.1) is 0 Å². The van der Waals surface area contributed by atoms with E-state index in [0.717, 1.165) is 0 Å². The predicted octanol–water partition coefficient (Wildman–Crippen LogP) is 1.32. The van der Waals surface area contributed by atoms with E-state index in [1.165, 1.54) is 31.2 Å². The summed E-state index contributed by atoms with van der Waals surface area (Å²) in [6, 6.07) is 5.47. The van der Waals surface area contributed by atoms with Crippen LogP contribution in [0.4, 0.5) is 5.69 Å². The van der Waals surface area contributed by atoms with E-state index < -0.39 is 16.3 Å². The molecule has 92 valence electrons. The molecule has 0 aliphatic rings. The van der Waals surface area contributed by atoms with Crippen molar-refractivity contribution in [2.75, 3.05) is 6.61 Å². The summed E-state index contributed by atoms with van der Waals surface area (Å²) < 4.78 is 0. The molecular formula is C11H13NO5. The van der Waals surface area contributed by atoms with Crippen LogP contribution in [0.2, 0.25) is 0 Å². The fourth-order valence-corrected chi connectivity index (χ4v) is 1.56. The summed E-state index contributed by atoms with van der Waals surface area (Å²) in [6.45, 7) is 1.14. The van der Waals surface area contributed by atoms with Crippen molar-refractivity contribution >= 4 is 11.7 Å². The van der Waals surface area contributed by atoms with E-state index in [2.05, 4.69) is 0 Å². The lowest BCUT2D eigenvalue weighted by Gasteiger charge is -2.24. The van der Waals surface area contributed by atoms with Gasteiger partial charge >= 0.3 is 5.97 Å². The van der Waals surface area contributed by atoms with Crippen molar-refractivity contribution in [2.45, 2.75) is 18.8 Å². The van der Waals surface area contributed by atoms with Gasteiger partial charge in [0.15, 0.2) is 0 Å². The van der Waals surface area contributed by atoms with Gasteiger partial charge in [-0.2, -0.15) is 0 Å². The first-order chi connectivity index (χ1) is 7.91. The number of hydrogen-bond acceptors (Lipinski definition) is 4. The standard InChI is InChI=1S/C11H13NO5/c1-11(5-6-13,10(14)15)8-3-2-4-9(7-8)12(16)17/h2-4,7,13H,5-6H2,1H3,(H,14,15). The van der Waals surface area contributed by atoms with Gasteiger partial charge in [-0.05, 0) is 18.9 Å². The second-order valence-electron chi connectivity index (χ2n) is 3.92. The predicted molar refractivity (Wildman–Crippen MR) is 59.8 cm³/mol. The lowest BCUT2D eigenvalue weighted by molar-refractivity contribution is -0.385. The maximum atomic E-state index is 11.2. The minimum Gasteiger partial charge on any atom is -0.481 e. The zero-order valence-electron chi connectivity index (χ0n) is 9.29. The van der Waals surface area contributed by atoms with Crippen molar-refractivity contribution in [3.05, 3.63) is 39.9 Å². The molecule has 1 aromatic rings. The number of hydrogen-bond donors (Lipinski definition) is 2. The highest BCUT2D eigenvalue weighted by molar-refractivity contribution is 5.81. The maximum absolute atomic E-state index is 11.2. The lowest BCUT2D eigenvalue weighted by atomic mass is 9.79. The van der Waals surface area contributed by atoms with Crippen molar-refractivity contribution in [1.82, 2.24) is 0 Å². The molecule has 0 aliphatic carbocycles. The molecule has 6 nitrogen and oxygen atoms in total. The smallest absolute Gasteiger partial charge is 0.313 e. The van der Waals surface area contributed by atoms with E-state index in [1.807, 2.05) is 0 Å². The molecule has 0 spiro atoms. The summed E-state index contributed by atoms with van der Waals surface area (Å²) in [6.07, 6.45) is 0.00347. The molecule has 0 fully saturated rings. The molecule has 1 aromatic carbocycles. The van der Waals surface area contributed by atoms with E-state index in [-0.39, 0.29) is 18.7 Å². The van der Waals surface area contributed by atoms with E-state index >= 15 is 0 Å². The molecule has 6 heteroatoms. The molecule has 0 aromatic heterocycles. The summed E-state index contributed by atoms with van der Waals surface area (Å²) in [5, 5.41) is 28.7. The highest BCUT2D eigenvalue weighted by Gasteiger charge is 2.35. The van der Waals surface area contributed by atoms with Crippen LogP contribution in [0.1, 0.15) is 18.9 Å². The SMILES string of the molecule is CC(CCO)(C(=O)O)c1cccc([N+](=O)[O-])c1. The van der Waals surface area contributed by atoms with Gasteiger partial charge < -0.3 is 10.2 Å². The molecule has 17 heavy (non-hydrogen) atoms. The third-order valence-corrected chi connectivity index (χ3v) is 2.78. The number of nitro benzene ring substituents is 1.